The van der Waals surface area contributed by atoms with E-state index < -0.39 is 29.3 Å². The molecule has 1 heterocycles. The van der Waals surface area contributed by atoms with E-state index in [0.717, 1.165) is 29.2 Å². The van der Waals surface area contributed by atoms with E-state index >= 15 is 0 Å². The third kappa shape index (κ3) is 4.38. The van der Waals surface area contributed by atoms with Crippen LogP contribution in [0.3, 0.4) is 0 Å². The summed E-state index contributed by atoms with van der Waals surface area (Å²) in [6, 6.07) is 8.89. The van der Waals surface area contributed by atoms with E-state index in [1.807, 2.05) is 0 Å². The van der Waals surface area contributed by atoms with Crippen molar-refractivity contribution in [3.05, 3.63) is 70.3 Å². The van der Waals surface area contributed by atoms with Gasteiger partial charge in [-0.05, 0) is 42.5 Å². The smallest absolute Gasteiger partial charge is 0.435 e. The molecule has 0 atom stereocenters. The van der Waals surface area contributed by atoms with Crippen LogP contribution < -0.4 is 4.74 Å². The predicted molar refractivity (Wildman–Crippen MR) is 100 cm³/mol. The van der Waals surface area contributed by atoms with Crippen LogP contribution in [0.4, 0.5) is 17.6 Å². The summed E-state index contributed by atoms with van der Waals surface area (Å²) in [6.07, 6.45) is -4.93. The van der Waals surface area contributed by atoms with Gasteiger partial charge in [0.25, 0.3) is 5.91 Å². The maximum atomic E-state index is 13.7. The summed E-state index contributed by atoms with van der Waals surface area (Å²) < 4.78 is 60.0. The highest BCUT2D eigenvalue weighted by Gasteiger charge is 2.42. The van der Waals surface area contributed by atoms with Crippen molar-refractivity contribution in [2.45, 2.75) is 12.7 Å². The second-order valence-electron chi connectivity index (χ2n) is 6.29. The first kappa shape index (κ1) is 21.6. The maximum Gasteiger partial charge on any atom is 0.435 e. The minimum absolute atomic E-state index is 0.0801. The van der Waals surface area contributed by atoms with Crippen molar-refractivity contribution in [2.24, 2.45) is 0 Å². The predicted octanol–water partition coefficient (Wildman–Crippen LogP) is 4.36. The number of ether oxygens (including phenoxy) is 1. The van der Waals surface area contributed by atoms with Crippen molar-refractivity contribution in [1.82, 2.24) is 19.9 Å². The first-order chi connectivity index (χ1) is 14.1. The van der Waals surface area contributed by atoms with Gasteiger partial charge in [0.1, 0.15) is 11.6 Å². The molecule has 0 aliphatic rings. The Bertz CT molecular complexity index is 1070. The zero-order valence-electron chi connectivity index (χ0n) is 15.7. The molecule has 1 amide bonds. The standard InChI is InChI=1S/C19H15ClF4N4O2/c1-27(10-11-9-12(20)3-8-15(11)30-2)18(29)16-17(19(22,23)24)28(26-25-16)14-6-4-13(21)5-7-14/h3-9H,10H2,1-2H3. The number of halogens is 5. The van der Waals surface area contributed by atoms with Crippen LogP contribution in [0.25, 0.3) is 5.69 Å². The first-order valence-electron chi connectivity index (χ1n) is 8.48. The van der Waals surface area contributed by atoms with E-state index in [9.17, 15) is 22.4 Å². The van der Waals surface area contributed by atoms with Gasteiger partial charge in [0.05, 0.1) is 12.8 Å². The molecule has 0 unspecified atom stereocenters. The second kappa shape index (κ2) is 8.31. The van der Waals surface area contributed by atoms with Crippen molar-refractivity contribution in [1.29, 1.82) is 0 Å². The number of benzene rings is 2. The zero-order chi connectivity index (χ0) is 22.1. The summed E-state index contributed by atoms with van der Waals surface area (Å²) in [5, 5.41) is 7.31. The molecule has 0 saturated heterocycles. The van der Waals surface area contributed by atoms with Crippen LogP contribution in [0.15, 0.2) is 42.5 Å². The molecule has 0 aliphatic heterocycles. The maximum absolute atomic E-state index is 13.7. The number of methoxy groups -OCH3 is 1. The number of alkyl halides is 3. The number of rotatable bonds is 5. The molecule has 0 bridgehead atoms. The molecule has 0 saturated carbocycles. The van der Waals surface area contributed by atoms with E-state index in [4.69, 9.17) is 16.3 Å². The summed E-state index contributed by atoms with van der Waals surface area (Å²) in [7, 11) is 2.74. The number of hydrogen-bond donors (Lipinski definition) is 0. The average molecular weight is 443 g/mol. The summed E-state index contributed by atoms with van der Waals surface area (Å²) in [4.78, 5) is 13.8. The number of aromatic nitrogens is 3. The minimum Gasteiger partial charge on any atom is -0.496 e. The molecule has 0 N–H and O–H groups in total. The van der Waals surface area contributed by atoms with Crippen LogP contribution in [0.1, 0.15) is 21.7 Å². The Balaban J connectivity index is 1.98. The monoisotopic (exact) mass is 442 g/mol. The zero-order valence-corrected chi connectivity index (χ0v) is 16.5. The van der Waals surface area contributed by atoms with E-state index in [1.54, 1.807) is 18.2 Å². The van der Waals surface area contributed by atoms with Gasteiger partial charge in [-0.2, -0.15) is 13.2 Å². The first-order valence-corrected chi connectivity index (χ1v) is 8.86. The highest BCUT2D eigenvalue weighted by Crippen LogP contribution is 2.33. The van der Waals surface area contributed by atoms with Crippen LogP contribution in [0.5, 0.6) is 5.75 Å². The summed E-state index contributed by atoms with van der Waals surface area (Å²) in [6.45, 7) is -0.0801. The third-order valence-electron chi connectivity index (χ3n) is 4.21. The lowest BCUT2D eigenvalue weighted by Gasteiger charge is -2.19. The molecule has 0 aliphatic carbocycles. The van der Waals surface area contributed by atoms with Crippen LogP contribution in [0, 0.1) is 5.82 Å². The van der Waals surface area contributed by atoms with Gasteiger partial charge in [0.15, 0.2) is 11.4 Å². The van der Waals surface area contributed by atoms with E-state index in [-0.39, 0.29) is 12.2 Å². The number of carbonyl (C=O) groups is 1. The van der Waals surface area contributed by atoms with Gasteiger partial charge in [-0.3, -0.25) is 4.79 Å². The average Bonchev–Trinajstić information content (AvgIpc) is 3.13. The van der Waals surface area contributed by atoms with Crippen LogP contribution in [-0.2, 0) is 12.7 Å². The summed E-state index contributed by atoms with van der Waals surface area (Å²) in [5.74, 6) is -1.21. The molecule has 0 radical (unpaired) electrons. The Morgan fingerprint density at radius 1 is 1.20 bits per heavy atom. The van der Waals surface area contributed by atoms with Gasteiger partial charge in [-0.1, -0.05) is 16.8 Å². The number of amides is 1. The molecule has 0 spiro atoms. The molecule has 11 heteroatoms. The minimum atomic E-state index is -4.93. The van der Waals surface area contributed by atoms with Gasteiger partial charge in [-0.25, -0.2) is 9.07 Å². The lowest BCUT2D eigenvalue weighted by Crippen LogP contribution is -2.29. The highest BCUT2D eigenvalue weighted by atomic mass is 35.5. The second-order valence-corrected chi connectivity index (χ2v) is 6.73. The van der Waals surface area contributed by atoms with Gasteiger partial charge >= 0.3 is 6.18 Å². The summed E-state index contributed by atoms with van der Waals surface area (Å²) in [5.41, 5.74) is -1.82. The number of hydrogen-bond acceptors (Lipinski definition) is 4. The van der Waals surface area contributed by atoms with Crippen molar-refractivity contribution < 1.29 is 27.1 Å². The van der Waals surface area contributed by atoms with Gasteiger partial charge < -0.3 is 9.64 Å². The van der Waals surface area contributed by atoms with Crippen LogP contribution >= 0.6 is 11.6 Å². The highest BCUT2D eigenvalue weighted by molar-refractivity contribution is 6.30. The van der Waals surface area contributed by atoms with E-state index in [0.29, 0.717) is 21.0 Å². The fourth-order valence-electron chi connectivity index (χ4n) is 2.82. The fourth-order valence-corrected chi connectivity index (χ4v) is 3.02. The van der Waals surface area contributed by atoms with Gasteiger partial charge in [-0.15, -0.1) is 5.10 Å². The lowest BCUT2D eigenvalue weighted by molar-refractivity contribution is -0.143. The molecule has 1 aromatic heterocycles. The molecule has 0 fully saturated rings. The molecule has 3 rings (SSSR count). The van der Waals surface area contributed by atoms with E-state index in [2.05, 4.69) is 10.3 Å². The molecule has 2 aromatic carbocycles. The van der Waals surface area contributed by atoms with Crippen molar-refractivity contribution in [3.63, 3.8) is 0 Å². The molecule has 30 heavy (non-hydrogen) atoms. The number of carbonyl (C=O) groups excluding carboxylic acids is 1. The summed E-state index contributed by atoms with van der Waals surface area (Å²) >= 11 is 5.96. The fraction of sp³-hybridized carbons (Fsp3) is 0.211. The molecule has 3 aromatic rings. The van der Waals surface area contributed by atoms with Crippen molar-refractivity contribution in [3.8, 4) is 11.4 Å². The Morgan fingerprint density at radius 3 is 2.47 bits per heavy atom. The third-order valence-corrected chi connectivity index (χ3v) is 4.44. The quantitative estimate of drug-likeness (QED) is 0.551. The Labute approximate surface area is 173 Å². The number of nitrogens with zero attached hydrogens (tertiary/aromatic N) is 4. The van der Waals surface area contributed by atoms with Crippen LogP contribution in [-0.4, -0.2) is 40.0 Å². The van der Waals surface area contributed by atoms with Crippen molar-refractivity contribution >= 4 is 17.5 Å². The lowest BCUT2D eigenvalue weighted by atomic mass is 10.1. The Hall–Kier alpha value is -3.14. The molecular weight excluding hydrogens is 428 g/mol. The normalized spacial score (nSPS) is 11.4. The van der Waals surface area contributed by atoms with Crippen molar-refractivity contribution in [2.75, 3.05) is 14.2 Å². The topological polar surface area (TPSA) is 60.2 Å². The Kier molecular flexibility index (Phi) is 5.97. The molecule has 158 valence electrons. The molecule has 6 nitrogen and oxygen atoms in total. The Morgan fingerprint density at radius 2 is 1.87 bits per heavy atom. The van der Waals surface area contributed by atoms with Crippen LogP contribution in [0.2, 0.25) is 5.02 Å². The SMILES string of the molecule is COc1ccc(Cl)cc1CN(C)C(=O)c1nnn(-c2ccc(F)cc2)c1C(F)(F)F. The largest absolute Gasteiger partial charge is 0.496 e. The van der Waals surface area contributed by atoms with Gasteiger partial charge in [0, 0.05) is 24.2 Å². The van der Waals surface area contributed by atoms with E-state index in [1.165, 1.54) is 14.2 Å². The molecular formula is C19H15ClF4N4O2. The van der Waals surface area contributed by atoms with Gasteiger partial charge in [0.2, 0.25) is 0 Å².